The first-order valence-corrected chi connectivity index (χ1v) is 4.91. The summed E-state index contributed by atoms with van der Waals surface area (Å²) in [7, 11) is 0. The fourth-order valence-electron chi connectivity index (χ4n) is 0.844. The maximum absolute atomic E-state index is 12.3. The van der Waals surface area contributed by atoms with Crippen LogP contribution in [0.1, 0.15) is 11.1 Å². The Morgan fingerprint density at radius 3 is 1.86 bits per heavy atom. The van der Waals surface area contributed by atoms with Crippen molar-refractivity contribution in [3.8, 4) is 6.07 Å². The molecule has 0 N–H and O–H groups in total. The van der Waals surface area contributed by atoms with E-state index in [-0.39, 0.29) is 14.5 Å². The van der Waals surface area contributed by atoms with Gasteiger partial charge in [-0.05, 0) is 44.0 Å². The molecule has 0 radical (unpaired) electrons. The average Bonchev–Trinajstić information content (AvgIpc) is 2.01. The molecule has 1 aromatic carbocycles. The Hall–Kier alpha value is -0.540. The normalized spacial score (nSPS) is 11.1. The van der Waals surface area contributed by atoms with Gasteiger partial charge >= 0.3 is 6.18 Å². The Morgan fingerprint density at radius 2 is 1.57 bits per heavy atom. The third kappa shape index (κ3) is 2.28. The van der Waals surface area contributed by atoms with E-state index in [1.54, 1.807) is 6.07 Å². The molecular weight excluding hydrogens is 327 g/mol. The zero-order chi connectivity index (χ0) is 10.9. The van der Waals surface area contributed by atoms with Crippen molar-refractivity contribution in [1.82, 2.24) is 0 Å². The second-order valence-corrected chi connectivity index (χ2v) is 4.13. The number of hydrogen-bond donors (Lipinski definition) is 0. The van der Waals surface area contributed by atoms with E-state index >= 15 is 0 Å². The van der Waals surface area contributed by atoms with Crippen LogP contribution in [-0.4, -0.2) is 0 Å². The van der Waals surface area contributed by atoms with E-state index in [9.17, 15) is 13.2 Å². The summed E-state index contributed by atoms with van der Waals surface area (Å²) in [5.74, 6) is 0. The minimum absolute atomic E-state index is 0.127. The zero-order valence-electron chi connectivity index (χ0n) is 6.49. The lowest BCUT2D eigenvalue weighted by Gasteiger charge is -2.08. The van der Waals surface area contributed by atoms with Gasteiger partial charge < -0.3 is 0 Å². The fraction of sp³-hybridized carbons (Fsp3) is 0.125. The first-order valence-electron chi connectivity index (χ1n) is 3.32. The number of nitrogens with zero attached hydrogens (tertiary/aromatic N) is 1. The van der Waals surface area contributed by atoms with E-state index in [1.807, 2.05) is 0 Å². The Balaban J connectivity index is 3.37. The highest BCUT2D eigenvalue weighted by molar-refractivity contribution is 9.11. The Kier molecular flexibility index (Phi) is 3.22. The minimum Gasteiger partial charge on any atom is -0.192 e. The van der Waals surface area contributed by atoms with Crippen LogP contribution in [0.3, 0.4) is 0 Å². The van der Waals surface area contributed by atoms with E-state index in [0.29, 0.717) is 0 Å². The molecule has 0 spiro atoms. The van der Waals surface area contributed by atoms with Crippen molar-refractivity contribution >= 4 is 31.9 Å². The quantitative estimate of drug-likeness (QED) is 0.703. The number of nitriles is 1. The standard InChI is InChI=1S/C8H2Br2F3N/c9-6-1-4(8(11,12)13)2-7(10)5(6)3-14/h1-2H. The average molecular weight is 329 g/mol. The molecule has 0 aliphatic carbocycles. The highest BCUT2D eigenvalue weighted by Gasteiger charge is 2.31. The topological polar surface area (TPSA) is 23.8 Å². The van der Waals surface area contributed by atoms with Crippen LogP contribution in [0.15, 0.2) is 21.1 Å². The minimum atomic E-state index is -4.40. The molecule has 0 saturated heterocycles. The number of halogens is 5. The van der Waals surface area contributed by atoms with Gasteiger partial charge in [-0.25, -0.2) is 0 Å². The second kappa shape index (κ2) is 3.91. The van der Waals surface area contributed by atoms with Crippen molar-refractivity contribution < 1.29 is 13.2 Å². The molecule has 0 aliphatic heterocycles. The molecule has 1 aromatic rings. The lowest BCUT2D eigenvalue weighted by atomic mass is 10.1. The summed E-state index contributed by atoms with van der Waals surface area (Å²) in [5.41, 5.74) is -0.645. The van der Waals surface area contributed by atoms with E-state index < -0.39 is 11.7 Å². The van der Waals surface area contributed by atoms with Crippen LogP contribution in [0.2, 0.25) is 0 Å². The van der Waals surface area contributed by atoms with Gasteiger partial charge in [0.25, 0.3) is 0 Å². The highest BCUT2D eigenvalue weighted by Crippen LogP contribution is 2.35. The summed E-state index contributed by atoms with van der Waals surface area (Å²) in [6.45, 7) is 0. The SMILES string of the molecule is N#Cc1c(Br)cc(C(F)(F)F)cc1Br. The van der Waals surface area contributed by atoms with Gasteiger partial charge in [-0.1, -0.05) is 0 Å². The van der Waals surface area contributed by atoms with Crippen molar-refractivity contribution in [2.75, 3.05) is 0 Å². The third-order valence-corrected chi connectivity index (χ3v) is 2.73. The molecule has 0 atom stereocenters. The summed E-state index contributed by atoms with van der Waals surface area (Å²) < 4.78 is 37.0. The monoisotopic (exact) mass is 327 g/mol. The number of benzene rings is 1. The lowest BCUT2D eigenvalue weighted by molar-refractivity contribution is -0.137. The van der Waals surface area contributed by atoms with Crippen molar-refractivity contribution in [3.05, 3.63) is 32.2 Å². The van der Waals surface area contributed by atoms with E-state index in [0.717, 1.165) is 12.1 Å². The summed E-state index contributed by atoms with van der Waals surface area (Å²) in [6, 6.07) is 3.54. The first-order chi connectivity index (χ1) is 6.36. The fourth-order valence-corrected chi connectivity index (χ4v) is 2.21. The van der Waals surface area contributed by atoms with Crippen molar-refractivity contribution in [3.63, 3.8) is 0 Å². The highest BCUT2D eigenvalue weighted by atomic mass is 79.9. The van der Waals surface area contributed by atoms with Gasteiger partial charge in [-0.15, -0.1) is 0 Å². The van der Waals surface area contributed by atoms with Crippen molar-refractivity contribution in [2.24, 2.45) is 0 Å². The maximum Gasteiger partial charge on any atom is 0.416 e. The number of hydrogen-bond acceptors (Lipinski definition) is 1. The molecule has 0 saturated carbocycles. The van der Waals surface area contributed by atoms with Gasteiger partial charge in [0.15, 0.2) is 0 Å². The molecular formula is C8H2Br2F3N. The number of alkyl halides is 3. The van der Waals surface area contributed by atoms with Gasteiger partial charge in [0, 0.05) is 8.95 Å². The molecule has 0 unspecified atom stereocenters. The molecule has 0 heterocycles. The molecule has 74 valence electrons. The Bertz CT molecular complexity index is 383. The Labute approximate surface area is 94.8 Å². The molecule has 1 rings (SSSR count). The van der Waals surface area contributed by atoms with Crippen LogP contribution in [0, 0.1) is 11.3 Å². The van der Waals surface area contributed by atoms with E-state index in [4.69, 9.17) is 5.26 Å². The van der Waals surface area contributed by atoms with Gasteiger partial charge in [-0.3, -0.25) is 0 Å². The lowest BCUT2D eigenvalue weighted by Crippen LogP contribution is -2.05. The maximum atomic E-state index is 12.3. The molecule has 14 heavy (non-hydrogen) atoms. The molecule has 0 aromatic heterocycles. The van der Waals surface area contributed by atoms with Crippen LogP contribution in [0.5, 0.6) is 0 Å². The largest absolute Gasteiger partial charge is 0.416 e. The smallest absolute Gasteiger partial charge is 0.192 e. The predicted molar refractivity (Wildman–Crippen MR) is 51.6 cm³/mol. The molecule has 0 amide bonds. The zero-order valence-corrected chi connectivity index (χ0v) is 9.66. The van der Waals surface area contributed by atoms with Crippen LogP contribution >= 0.6 is 31.9 Å². The molecule has 0 bridgehead atoms. The van der Waals surface area contributed by atoms with Crippen LogP contribution < -0.4 is 0 Å². The number of rotatable bonds is 0. The van der Waals surface area contributed by atoms with Crippen LogP contribution in [-0.2, 0) is 6.18 Å². The van der Waals surface area contributed by atoms with Crippen LogP contribution in [0.4, 0.5) is 13.2 Å². The first kappa shape index (κ1) is 11.5. The molecule has 0 fully saturated rings. The molecule has 0 aliphatic rings. The summed E-state index contributed by atoms with van der Waals surface area (Å²) in [6.07, 6.45) is -4.40. The molecule has 1 nitrogen and oxygen atoms in total. The second-order valence-electron chi connectivity index (χ2n) is 2.42. The predicted octanol–water partition coefficient (Wildman–Crippen LogP) is 4.10. The van der Waals surface area contributed by atoms with Crippen molar-refractivity contribution in [2.45, 2.75) is 6.18 Å². The van der Waals surface area contributed by atoms with Gasteiger partial charge in [0.2, 0.25) is 0 Å². The van der Waals surface area contributed by atoms with Crippen molar-refractivity contribution in [1.29, 1.82) is 5.26 Å². The van der Waals surface area contributed by atoms with E-state index in [1.165, 1.54) is 0 Å². The third-order valence-electron chi connectivity index (χ3n) is 1.48. The van der Waals surface area contributed by atoms with E-state index in [2.05, 4.69) is 31.9 Å². The van der Waals surface area contributed by atoms with Gasteiger partial charge in [0.1, 0.15) is 6.07 Å². The summed E-state index contributed by atoms with van der Waals surface area (Å²) >= 11 is 5.80. The van der Waals surface area contributed by atoms with Crippen LogP contribution in [0.25, 0.3) is 0 Å². The summed E-state index contributed by atoms with van der Waals surface area (Å²) in [4.78, 5) is 0. The Morgan fingerprint density at radius 1 is 1.14 bits per heavy atom. The summed E-state index contributed by atoms with van der Waals surface area (Å²) in [5, 5.41) is 8.60. The van der Waals surface area contributed by atoms with Gasteiger partial charge in [0.05, 0.1) is 11.1 Å². The molecule has 6 heteroatoms. The van der Waals surface area contributed by atoms with Gasteiger partial charge in [-0.2, -0.15) is 18.4 Å².